The molecule has 4 amide bonds. The highest BCUT2D eigenvalue weighted by Crippen LogP contribution is 2.32. The minimum absolute atomic E-state index is 0.281. The van der Waals surface area contributed by atoms with Crippen LogP contribution >= 0.6 is 0 Å². The Balaban J connectivity index is 1.87. The molecule has 3 atom stereocenters. The molecule has 3 rings (SSSR count). The maximum Gasteiger partial charge on any atom is 0.405 e. The highest BCUT2D eigenvalue weighted by atomic mass is 16.4. The first-order valence-electron chi connectivity index (χ1n) is 10.6. The standard InChI is InChI=1S/C23H27N5O5/c1-13(2)18(27-20(29)14(3)25-23(32)33)22(31)28-17(12-15-8-7-11-24-19(15)28)21(30)26-16-9-5-4-6-10-16/h4-11,13-14,17-18,25H,12H2,1-3H3,(H,26,30)(H,27,29)(H,32,33)/t14-,17-,18-/m0/s1. The molecule has 0 spiro atoms. The van der Waals surface area contributed by atoms with Gasteiger partial charge in [0.05, 0.1) is 0 Å². The van der Waals surface area contributed by atoms with Crippen molar-refractivity contribution < 1.29 is 24.3 Å². The second kappa shape index (κ2) is 10.1. The zero-order chi connectivity index (χ0) is 24.1. The van der Waals surface area contributed by atoms with Crippen LogP contribution in [-0.2, 0) is 20.8 Å². The SMILES string of the molecule is CC(C)[C@H](NC(=O)[C@H](C)NC(=O)O)C(=O)N1c2ncccc2C[C@H]1C(=O)Nc1ccccc1. The smallest absolute Gasteiger partial charge is 0.405 e. The van der Waals surface area contributed by atoms with E-state index >= 15 is 0 Å². The lowest BCUT2D eigenvalue weighted by Gasteiger charge is -2.31. The van der Waals surface area contributed by atoms with Crippen LogP contribution in [0.5, 0.6) is 0 Å². The molecule has 2 heterocycles. The van der Waals surface area contributed by atoms with Crippen molar-refractivity contribution in [3.05, 3.63) is 54.2 Å². The Hall–Kier alpha value is -3.95. The van der Waals surface area contributed by atoms with Gasteiger partial charge in [0.25, 0.3) is 5.91 Å². The molecule has 10 nitrogen and oxygen atoms in total. The van der Waals surface area contributed by atoms with E-state index in [1.165, 1.54) is 11.8 Å². The molecule has 0 saturated heterocycles. The van der Waals surface area contributed by atoms with E-state index in [0.717, 1.165) is 5.56 Å². The molecule has 0 fully saturated rings. The van der Waals surface area contributed by atoms with Crippen LogP contribution < -0.4 is 20.9 Å². The lowest BCUT2D eigenvalue weighted by molar-refractivity contribution is -0.130. The van der Waals surface area contributed by atoms with Crippen molar-refractivity contribution in [3.63, 3.8) is 0 Å². The summed E-state index contributed by atoms with van der Waals surface area (Å²) in [5.74, 6) is -1.47. The van der Waals surface area contributed by atoms with Gasteiger partial charge in [0.2, 0.25) is 11.8 Å². The van der Waals surface area contributed by atoms with Gasteiger partial charge in [-0.15, -0.1) is 0 Å². The summed E-state index contributed by atoms with van der Waals surface area (Å²) in [6.07, 6.45) is 0.474. The number of benzene rings is 1. The summed E-state index contributed by atoms with van der Waals surface area (Å²) in [7, 11) is 0. The number of aromatic nitrogens is 1. The van der Waals surface area contributed by atoms with Crippen LogP contribution in [-0.4, -0.2) is 52.0 Å². The number of para-hydroxylation sites is 1. The largest absolute Gasteiger partial charge is 0.465 e. The van der Waals surface area contributed by atoms with Crippen LogP contribution in [0, 0.1) is 5.92 Å². The third kappa shape index (κ3) is 5.46. The molecule has 0 aliphatic carbocycles. The zero-order valence-electron chi connectivity index (χ0n) is 18.6. The predicted octanol–water partition coefficient (Wildman–Crippen LogP) is 1.77. The topological polar surface area (TPSA) is 141 Å². The third-order valence-electron chi connectivity index (χ3n) is 5.37. The van der Waals surface area contributed by atoms with E-state index in [9.17, 15) is 19.2 Å². The molecule has 4 N–H and O–H groups in total. The molecule has 10 heteroatoms. The molecule has 1 aromatic heterocycles. The number of hydrogen-bond donors (Lipinski definition) is 4. The Morgan fingerprint density at radius 2 is 1.73 bits per heavy atom. The van der Waals surface area contributed by atoms with Crippen molar-refractivity contribution in [2.75, 3.05) is 10.2 Å². The second-order valence-electron chi connectivity index (χ2n) is 8.17. The second-order valence-corrected chi connectivity index (χ2v) is 8.17. The molecular weight excluding hydrogens is 426 g/mol. The number of nitrogens with zero attached hydrogens (tertiary/aromatic N) is 2. The molecule has 0 bridgehead atoms. The van der Waals surface area contributed by atoms with Crippen LogP contribution in [0.2, 0.25) is 0 Å². The van der Waals surface area contributed by atoms with Gasteiger partial charge in [-0.3, -0.25) is 19.3 Å². The van der Waals surface area contributed by atoms with Gasteiger partial charge in [-0.1, -0.05) is 38.1 Å². The maximum atomic E-state index is 13.7. The number of fused-ring (bicyclic) bond motifs is 1. The maximum absolute atomic E-state index is 13.7. The van der Waals surface area contributed by atoms with E-state index in [-0.39, 0.29) is 18.2 Å². The number of nitrogens with one attached hydrogen (secondary N) is 3. The van der Waals surface area contributed by atoms with Crippen molar-refractivity contribution in [1.82, 2.24) is 15.6 Å². The summed E-state index contributed by atoms with van der Waals surface area (Å²) >= 11 is 0. The monoisotopic (exact) mass is 453 g/mol. The molecule has 1 aliphatic heterocycles. The van der Waals surface area contributed by atoms with Crippen molar-refractivity contribution in [2.24, 2.45) is 5.92 Å². The van der Waals surface area contributed by atoms with Crippen molar-refractivity contribution >= 4 is 35.3 Å². The van der Waals surface area contributed by atoms with Crippen molar-refractivity contribution in [1.29, 1.82) is 0 Å². The fourth-order valence-electron chi connectivity index (χ4n) is 3.66. The van der Waals surface area contributed by atoms with Gasteiger partial charge in [-0.2, -0.15) is 0 Å². The number of anilines is 2. The molecular formula is C23H27N5O5. The number of hydrogen-bond acceptors (Lipinski definition) is 5. The third-order valence-corrected chi connectivity index (χ3v) is 5.37. The van der Waals surface area contributed by atoms with Gasteiger partial charge >= 0.3 is 6.09 Å². The van der Waals surface area contributed by atoms with E-state index < -0.39 is 36.0 Å². The van der Waals surface area contributed by atoms with Gasteiger partial charge in [-0.05, 0) is 36.6 Å². The number of amides is 4. The molecule has 0 saturated carbocycles. The van der Waals surface area contributed by atoms with Crippen molar-refractivity contribution in [3.8, 4) is 0 Å². The number of carboxylic acid groups (broad SMARTS) is 1. The van der Waals surface area contributed by atoms with Gasteiger partial charge in [0, 0.05) is 18.3 Å². The number of pyridine rings is 1. The average molecular weight is 453 g/mol. The van der Waals surface area contributed by atoms with Crippen LogP contribution in [0.1, 0.15) is 26.3 Å². The molecule has 1 aromatic carbocycles. The highest BCUT2D eigenvalue weighted by Gasteiger charge is 2.43. The van der Waals surface area contributed by atoms with Crippen molar-refractivity contribution in [2.45, 2.75) is 45.3 Å². The Kier molecular flexibility index (Phi) is 7.27. The normalized spacial score (nSPS) is 16.5. The Bertz CT molecular complexity index is 1040. The van der Waals surface area contributed by atoms with E-state index in [1.807, 2.05) is 6.07 Å². The first kappa shape index (κ1) is 23.7. The predicted molar refractivity (Wildman–Crippen MR) is 122 cm³/mol. The molecule has 0 radical (unpaired) electrons. The summed E-state index contributed by atoms with van der Waals surface area (Å²) < 4.78 is 0. The van der Waals surface area contributed by atoms with Crippen LogP contribution in [0.3, 0.4) is 0 Å². The summed E-state index contributed by atoms with van der Waals surface area (Å²) in [4.78, 5) is 55.8. The lowest BCUT2D eigenvalue weighted by Crippen LogP contribution is -2.58. The Morgan fingerprint density at radius 1 is 1.03 bits per heavy atom. The summed E-state index contributed by atoms with van der Waals surface area (Å²) in [6, 6.07) is 9.55. The molecule has 1 aliphatic rings. The summed E-state index contributed by atoms with van der Waals surface area (Å²) in [5.41, 5.74) is 1.34. The zero-order valence-corrected chi connectivity index (χ0v) is 18.6. The van der Waals surface area contributed by atoms with Gasteiger partial charge in [-0.25, -0.2) is 9.78 Å². The first-order chi connectivity index (χ1) is 15.7. The minimum atomic E-state index is -1.35. The van der Waals surface area contributed by atoms with Gasteiger partial charge < -0.3 is 21.1 Å². The number of carbonyl (C=O) groups is 4. The summed E-state index contributed by atoms with van der Waals surface area (Å²) in [6.45, 7) is 4.90. The number of rotatable bonds is 7. The summed E-state index contributed by atoms with van der Waals surface area (Å²) in [5, 5.41) is 16.4. The van der Waals surface area contributed by atoms with E-state index in [1.54, 1.807) is 56.4 Å². The molecule has 33 heavy (non-hydrogen) atoms. The lowest BCUT2D eigenvalue weighted by atomic mass is 10.0. The number of carbonyl (C=O) groups excluding carboxylic acids is 3. The first-order valence-corrected chi connectivity index (χ1v) is 10.6. The molecule has 2 aromatic rings. The van der Waals surface area contributed by atoms with E-state index in [2.05, 4.69) is 20.9 Å². The van der Waals surface area contributed by atoms with Crippen LogP contribution in [0.4, 0.5) is 16.3 Å². The highest BCUT2D eigenvalue weighted by molar-refractivity contribution is 6.09. The molecule has 0 unspecified atom stereocenters. The van der Waals surface area contributed by atoms with E-state index in [4.69, 9.17) is 5.11 Å². The molecule has 174 valence electrons. The Morgan fingerprint density at radius 3 is 2.36 bits per heavy atom. The average Bonchev–Trinajstić information content (AvgIpc) is 3.16. The Labute approximate surface area is 191 Å². The van der Waals surface area contributed by atoms with Crippen LogP contribution in [0.15, 0.2) is 48.7 Å². The van der Waals surface area contributed by atoms with E-state index in [0.29, 0.717) is 11.5 Å². The quantitative estimate of drug-likeness (QED) is 0.504. The van der Waals surface area contributed by atoms with Gasteiger partial charge in [0.15, 0.2) is 0 Å². The fourth-order valence-corrected chi connectivity index (χ4v) is 3.66. The fraction of sp³-hybridized carbons (Fsp3) is 0.348. The van der Waals surface area contributed by atoms with Gasteiger partial charge in [0.1, 0.15) is 23.9 Å². The minimum Gasteiger partial charge on any atom is -0.465 e. The van der Waals surface area contributed by atoms with Crippen LogP contribution in [0.25, 0.3) is 0 Å².